The van der Waals surface area contributed by atoms with Gasteiger partial charge in [0, 0.05) is 0 Å². The van der Waals surface area contributed by atoms with Crippen molar-refractivity contribution in [2.24, 2.45) is 11.7 Å². The molecule has 1 amide bonds. The van der Waals surface area contributed by atoms with Gasteiger partial charge in [0.05, 0.1) is 12.3 Å². The molecule has 0 aromatic carbocycles. The maximum Gasteiger partial charge on any atom is 0.243 e. The molecule has 3 N–H and O–H groups in total. The summed E-state index contributed by atoms with van der Waals surface area (Å²) in [6.45, 7) is 3.95. The largest absolute Gasteiger partial charge is 0.465 e. The van der Waals surface area contributed by atoms with Gasteiger partial charge in [0.25, 0.3) is 0 Å². The molecule has 7 heteroatoms. The van der Waals surface area contributed by atoms with Gasteiger partial charge in [-0.15, -0.1) is 10.2 Å². The van der Waals surface area contributed by atoms with Crippen molar-refractivity contribution in [1.29, 1.82) is 0 Å². The number of carbonyl (C=O) groups excluding carboxylic acids is 1. The lowest BCUT2D eigenvalue weighted by Crippen LogP contribution is -2.40. The molecule has 0 saturated carbocycles. The summed E-state index contributed by atoms with van der Waals surface area (Å²) >= 11 is 1.28. The van der Waals surface area contributed by atoms with Crippen LogP contribution < -0.4 is 11.1 Å². The number of hydrogen-bond acceptors (Lipinski definition) is 6. The molecule has 0 radical (unpaired) electrons. The molecular weight excluding hydrogens is 288 g/mol. The molecule has 112 valence electrons. The highest BCUT2D eigenvalue weighted by molar-refractivity contribution is 7.16. The van der Waals surface area contributed by atoms with Crippen molar-refractivity contribution in [3.05, 3.63) is 29.2 Å². The summed E-state index contributed by atoms with van der Waals surface area (Å²) in [5, 5.41) is 11.7. The Morgan fingerprint density at radius 1 is 1.52 bits per heavy atom. The van der Waals surface area contributed by atoms with Gasteiger partial charge in [-0.2, -0.15) is 0 Å². The second-order valence-corrected chi connectivity index (χ2v) is 5.70. The molecule has 2 heterocycles. The molecule has 0 aliphatic carbocycles. The van der Waals surface area contributed by atoms with E-state index in [1.165, 1.54) is 11.3 Å². The van der Waals surface area contributed by atoms with E-state index >= 15 is 0 Å². The van der Waals surface area contributed by atoms with Crippen LogP contribution in [0.3, 0.4) is 0 Å². The third kappa shape index (κ3) is 4.24. The van der Waals surface area contributed by atoms with E-state index in [1.807, 2.05) is 26.0 Å². The Hall–Kier alpha value is -1.99. The van der Waals surface area contributed by atoms with Crippen molar-refractivity contribution in [3.8, 4) is 0 Å². The fraction of sp³-hybridized carbons (Fsp3) is 0.357. The number of nitrogens with one attached hydrogen (secondary N) is 1. The van der Waals surface area contributed by atoms with Gasteiger partial charge < -0.3 is 10.2 Å². The molecule has 0 aliphatic heterocycles. The molecule has 0 bridgehead atoms. The summed E-state index contributed by atoms with van der Waals surface area (Å²) < 4.78 is 5.18. The molecule has 0 aliphatic rings. The highest BCUT2D eigenvalue weighted by Crippen LogP contribution is 2.18. The quantitative estimate of drug-likeness (QED) is 0.855. The van der Waals surface area contributed by atoms with Crippen LogP contribution in [0.25, 0.3) is 12.2 Å². The standard InChI is InChI=1S/C14H18N4O2S/c1-3-9(2)12(15)13(19)16-14-18-17-11(21-14)7-6-10-5-4-8-20-10/h4-9,12H,3,15H2,1-2H3,(H,16,18,19)/b7-6+. The monoisotopic (exact) mass is 306 g/mol. The lowest BCUT2D eigenvalue weighted by molar-refractivity contribution is -0.118. The number of aromatic nitrogens is 2. The van der Waals surface area contributed by atoms with Crippen molar-refractivity contribution in [1.82, 2.24) is 10.2 Å². The van der Waals surface area contributed by atoms with Gasteiger partial charge in [-0.05, 0) is 30.2 Å². The van der Waals surface area contributed by atoms with E-state index in [2.05, 4.69) is 15.5 Å². The van der Waals surface area contributed by atoms with Gasteiger partial charge in [-0.25, -0.2) is 0 Å². The lowest BCUT2D eigenvalue weighted by Gasteiger charge is -2.16. The van der Waals surface area contributed by atoms with E-state index in [1.54, 1.807) is 18.4 Å². The zero-order chi connectivity index (χ0) is 15.2. The third-order valence-corrected chi connectivity index (χ3v) is 3.97. The summed E-state index contributed by atoms with van der Waals surface area (Å²) in [7, 11) is 0. The zero-order valence-electron chi connectivity index (χ0n) is 11.9. The molecule has 2 rings (SSSR count). The second-order valence-electron chi connectivity index (χ2n) is 4.69. The van der Waals surface area contributed by atoms with Gasteiger partial charge in [-0.1, -0.05) is 31.6 Å². The molecule has 2 atom stereocenters. The maximum absolute atomic E-state index is 11.9. The number of rotatable bonds is 6. The summed E-state index contributed by atoms with van der Waals surface area (Å²) in [5.41, 5.74) is 5.87. The SMILES string of the molecule is CCC(C)C(N)C(=O)Nc1nnc(/C=C/c2ccco2)s1. The lowest BCUT2D eigenvalue weighted by atomic mass is 10.00. The first-order valence-corrected chi connectivity index (χ1v) is 7.53. The first-order chi connectivity index (χ1) is 10.1. The van der Waals surface area contributed by atoms with Crippen molar-refractivity contribution in [2.75, 3.05) is 5.32 Å². The number of carbonyl (C=O) groups is 1. The molecule has 2 aromatic heterocycles. The number of furan rings is 1. The first kappa shape index (κ1) is 15.4. The fourth-order valence-corrected chi connectivity index (χ4v) is 2.24. The minimum Gasteiger partial charge on any atom is -0.465 e. The normalized spacial score (nSPS) is 14.2. The molecule has 6 nitrogen and oxygen atoms in total. The molecule has 2 unspecified atom stereocenters. The van der Waals surface area contributed by atoms with Crippen molar-refractivity contribution in [3.63, 3.8) is 0 Å². The number of nitrogens with two attached hydrogens (primary N) is 1. The Kier molecular flexibility index (Phi) is 5.24. The minimum absolute atomic E-state index is 0.122. The van der Waals surface area contributed by atoms with Crippen LogP contribution in [0.2, 0.25) is 0 Å². The first-order valence-electron chi connectivity index (χ1n) is 6.71. The second kappa shape index (κ2) is 7.14. The van der Waals surface area contributed by atoms with Gasteiger partial charge >= 0.3 is 0 Å². The van der Waals surface area contributed by atoms with Crippen LogP contribution in [-0.2, 0) is 4.79 Å². The Labute approximate surface area is 127 Å². The Morgan fingerprint density at radius 3 is 3.00 bits per heavy atom. The number of anilines is 1. The molecule has 21 heavy (non-hydrogen) atoms. The van der Waals surface area contributed by atoms with Gasteiger partial charge in [0.1, 0.15) is 10.8 Å². The zero-order valence-corrected chi connectivity index (χ0v) is 12.8. The summed E-state index contributed by atoms with van der Waals surface area (Å²) in [5.74, 6) is 0.618. The summed E-state index contributed by atoms with van der Waals surface area (Å²) in [6.07, 6.45) is 6.02. The molecule has 0 fully saturated rings. The van der Waals surface area contributed by atoms with Crippen LogP contribution in [0, 0.1) is 5.92 Å². The Morgan fingerprint density at radius 2 is 2.33 bits per heavy atom. The average molecular weight is 306 g/mol. The molecule has 2 aromatic rings. The van der Waals surface area contributed by atoms with E-state index in [0.717, 1.165) is 12.2 Å². The summed E-state index contributed by atoms with van der Waals surface area (Å²) in [4.78, 5) is 11.9. The smallest absolute Gasteiger partial charge is 0.243 e. The maximum atomic E-state index is 11.9. The molecule has 0 saturated heterocycles. The average Bonchev–Trinajstić information content (AvgIpc) is 3.14. The molecule has 0 spiro atoms. The number of hydrogen-bond donors (Lipinski definition) is 2. The van der Waals surface area contributed by atoms with Crippen LogP contribution in [-0.4, -0.2) is 22.1 Å². The van der Waals surface area contributed by atoms with Gasteiger partial charge in [0.2, 0.25) is 11.0 Å². The van der Waals surface area contributed by atoms with E-state index in [4.69, 9.17) is 10.2 Å². The Bertz CT molecular complexity index is 606. The van der Waals surface area contributed by atoms with E-state index in [9.17, 15) is 4.79 Å². The van der Waals surface area contributed by atoms with Crippen molar-refractivity contribution in [2.45, 2.75) is 26.3 Å². The van der Waals surface area contributed by atoms with E-state index in [-0.39, 0.29) is 11.8 Å². The minimum atomic E-state index is -0.541. The number of amides is 1. The van der Waals surface area contributed by atoms with Crippen LogP contribution in [0.1, 0.15) is 31.0 Å². The highest BCUT2D eigenvalue weighted by atomic mass is 32.1. The number of nitrogens with zero attached hydrogens (tertiary/aromatic N) is 2. The fourth-order valence-electron chi connectivity index (χ4n) is 1.59. The van der Waals surface area contributed by atoms with Crippen LogP contribution in [0.15, 0.2) is 22.8 Å². The topological polar surface area (TPSA) is 94.0 Å². The third-order valence-electron chi connectivity index (χ3n) is 3.16. The van der Waals surface area contributed by atoms with Crippen LogP contribution >= 0.6 is 11.3 Å². The molecular formula is C14H18N4O2S. The van der Waals surface area contributed by atoms with Gasteiger partial charge in [-0.3, -0.25) is 10.1 Å². The predicted octanol–water partition coefficient (Wildman–Crippen LogP) is 2.61. The van der Waals surface area contributed by atoms with Crippen LogP contribution in [0.4, 0.5) is 5.13 Å². The van der Waals surface area contributed by atoms with E-state index in [0.29, 0.717) is 10.1 Å². The highest BCUT2D eigenvalue weighted by Gasteiger charge is 2.20. The predicted molar refractivity (Wildman–Crippen MR) is 83.6 cm³/mol. The van der Waals surface area contributed by atoms with Crippen molar-refractivity contribution < 1.29 is 9.21 Å². The van der Waals surface area contributed by atoms with Gasteiger partial charge in [0.15, 0.2) is 0 Å². The Balaban J connectivity index is 1.95. The van der Waals surface area contributed by atoms with E-state index < -0.39 is 6.04 Å². The van der Waals surface area contributed by atoms with Crippen molar-refractivity contribution >= 4 is 34.5 Å². The summed E-state index contributed by atoms with van der Waals surface area (Å²) in [6, 6.07) is 3.11. The van der Waals surface area contributed by atoms with Crippen LogP contribution in [0.5, 0.6) is 0 Å².